The molecule has 0 aliphatic rings. The van der Waals surface area contributed by atoms with Gasteiger partial charge in [0, 0.05) is 24.5 Å². The maximum atomic E-state index is 13.2. The van der Waals surface area contributed by atoms with Gasteiger partial charge in [-0.25, -0.2) is 8.42 Å². The van der Waals surface area contributed by atoms with E-state index in [9.17, 15) is 13.2 Å². The van der Waals surface area contributed by atoms with Gasteiger partial charge in [-0.1, -0.05) is 23.7 Å². The quantitative estimate of drug-likeness (QED) is 0.646. The number of nitrogens with one attached hydrogen (secondary N) is 1. The fraction of sp³-hybridized carbons (Fsp3) is 0.211. The summed E-state index contributed by atoms with van der Waals surface area (Å²) in [4.78, 5) is 12.0. The first-order valence-corrected chi connectivity index (χ1v) is 10.00. The third kappa shape index (κ3) is 5.48. The number of carbonyl (C=O) groups excluding carboxylic acids is 1. The summed E-state index contributed by atoms with van der Waals surface area (Å²) in [7, 11) is -2.38. The number of hydrogen-bond acceptors (Lipinski definition) is 4. The van der Waals surface area contributed by atoms with Gasteiger partial charge < -0.3 is 10.1 Å². The number of nitrogens with zero attached hydrogens (tertiary/aromatic N) is 1. The fourth-order valence-corrected chi connectivity index (χ4v) is 4.14. The lowest BCUT2D eigenvalue weighted by Gasteiger charge is -2.24. The first-order chi connectivity index (χ1) is 12.9. The van der Waals surface area contributed by atoms with E-state index in [0.29, 0.717) is 23.0 Å². The van der Waals surface area contributed by atoms with E-state index < -0.39 is 10.0 Å². The van der Waals surface area contributed by atoms with Crippen molar-refractivity contribution in [3.8, 4) is 5.75 Å². The van der Waals surface area contributed by atoms with Gasteiger partial charge in [-0.15, -0.1) is 6.58 Å². The van der Waals surface area contributed by atoms with Crippen LogP contribution in [0.15, 0.2) is 66.1 Å². The third-order valence-corrected chi connectivity index (χ3v) is 5.79. The molecular weight excluding hydrogens is 388 g/mol. The molecule has 0 unspecified atom stereocenters. The molecule has 144 valence electrons. The van der Waals surface area contributed by atoms with Gasteiger partial charge >= 0.3 is 0 Å². The molecule has 0 atom stereocenters. The SMILES string of the molecule is C=CCNC(=O)CCN(c1ccc(OC)cc1)S(=O)(=O)c1cccc(Cl)c1. The van der Waals surface area contributed by atoms with E-state index in [0.717, 1.165) is 0 Å². The molecule has 6 nitrogen and oxygen atoms in total. The smallest absolute Gasteiger partial charge is 0.264 e. The molecule has 0 heterocycles. The van der Waals surface area contributed by atoms with Gasteiger partial charge in [0.1, 0.15) is 5.75 Å². The number of halogens is 1. The van der Waals surface area contributed by atoms with Crippen LogP contribution in [-0.4, -0.2) is 34.5 Å². The Morgan fingerprint density at radius 2 is 1.96 bits per heavy atom. The molecule has 2 rings (SSSR count). The number of hydrogen-bond donors (Lipinski definition) is 1. The van der Waals surface area contributed by atoms with Crippen molar-refractivity contribution < 1.29 is 17.9 Å². The van der Waals surface area contributed by atoms with Crippen LogP contribution in [-0.2, 0) is 14.8 Å². The highest BCUT2D eigenvalue weighted by Crippen LogP contribution is 2.27. The van der Waals surface area contributed by atoms with Crippen LogP contribution >= 0.6 is 11.6 Å². The minimum atomic E-state index is -3.90. The van der Waals surface area contributed by atoms with Crippen LogP contribution in [0.2, 0.25) is 5.02 Å². The van der Waals surface area contributed by atoms with Crippen molar-refractivity contribution in [2.45, 2.75) is 11.3 Å². The van der Waals surface area contributed by atoms with E-state index in [2.05, 4.69) is 11.9 Å². The summed E-state index contributed by atoms with van der Waals surface area (Å²) in [5, 5.41) is 2.95. The number of benzene rings is 2. The van der Waals surface area contributed by atoms with Crippen LogP contribution in [0.1, 0.15) is 6.42 Å². The molecule has 0 aromatic heterocycles. The second-order valence-corrected chi connectivity index (χ2v) is 7.87. The molecule has 0 spiro atoms. The molecule has 0 saturated heterocycles. The highest BCUT2D eigenvalue weighted by Gasteiger charge is 2.25. The van der Waals surface area contributed by atoms with E-state index in [1.165, 1.54) is 23.5 Å². The summed E-state index contributed by atoms with van der Waals surface area (Å²) in [6.07, 6.45) is 1.56. The van der Waals surface area contributed by atoms with E-state index >= 15 is 0 Å². The van der Waals surface area contributed by atoms with Gasteiger partial charge in [-0.2, -0.15) is 0 Å². The highest BCUT2D eigenvalue weighted by atomic mass is 35.5. The Labute approximate surface area is 164 Å². The van der Waals surface area contributed by atoms with E-state index in [-0.39, 0.29) is 23.8 Å². The number of anilines is 1. The van der Waals surface area contributed by atoms with Crippen molar-refractivity contribution in [3.05, 3.63) is 66.2 Å². The standard InChI is InChI=1S/C19H21ClN2O4S/c1-3-12-21-19(23)11-13-22(16-7-9-17(26-2)10-8-16)27(24,25)18-6-4-5-15(20)14-18/h3-10,14H,1,11-13H2,2H3,(H,21,23). The molecule has 0 saturated carbocycles. The summed E-state index contributed by atoms with van der Waals surface area (Å²) in [6, 6.07) is 12.6. The Kier molecular flexibility index (Phi) is 7.27. The molecule has 1 amide bonds. The van der Waals surface area contributed by atoms with Crippen LogP contribution in [0, 0.1) is 0 Å². The summed E-state index contributed by atoms with van der Waals surface area (Å²) < 4.78 is 32.6. The summed E-state index contributed by atoms with van der Waals surface area (Å²) in [5.74, 6) is 0.331. The van der Waals surface area contributed by atoms with Gasteiger partial charge in [-0.3, -0.25) is 9.10 Å². The van der Waals surface area contributed by atoms with Gasteiger partial charge in [0.2, 0.25) is 5.91 Å². The van der Waals surface area contributed by atoms with Crippen molar-refractivity contribution in [1.82, 2.24) is 5.32 Å². The monoisotopic (exact) mass is 408 g/mol. The zero-order valence-corrected chi connectivity index (χ0v) is 16.5. The molecule has 2 aromatic carbocycles. The number of carbonyl (C=O) groups is 1. The second kappa shape index (κ2) is 9.43. The fourth-order valence-electron chi connectivity index (χ4n) is 2.37. The number of sulfonamides is 1. The molecule has 2 aromatic rings. The minimum Gasteiger partial charge on any atom is -0.497 e. The average Bonchev–Trinajstić information content (AvgIpc) is 2.66. The van der Waals surface area contributed by atoms with Crippen molar-refractivity contribution >= 4 is 33.2 Å². The first-order valence-electron chi connectivity index (χ1n) is 8.18. The lowest BCUT2D eigenvalue weighted by atomic mass is 10.3. The Morgan fingerprint density at radius 3 is 2.56 bits per heavy atom. The van der Waals surface area contributed by atoms with Crippen molar-refractivity contribution in [3.63, 3.8) is 0 Å². The van der Waals surface area contributed by atoms with Gasteiger partial charge in [0.05, 0.1) is 17.7 Å². The topological polar surface area (TPSA) is 75.7 Å². The van der Waals surface area contributed by atoms with E-state index in [4.69, 9.17) is 16.3 Å². The van der Waals surface area contributed by atoms with Gasteiger partial charge in [0.15, 0.2) is 0 Å². The normalized spacial score (nSPS) is 10.9. The largest absolute Gasteiger partial charge is 0.497 e. The number of amides is 1. The Balaban J connectivity index is 2.35. The summed E-state index contributed by atoms with van der Waals surface area (Å²) in [6.45, 7) is 3.83. The number of methoxy groups -OCH3 is 1. The zero-order chi connectivity index (χ0) is 19.9. The minimum absolute atomic E-state index is 0.000332. The lowest BCUT2D eigenvalue weighted by Crippen LogP contribution is -2.35. The van der Waals surface area contributed by atoms with Crippen LogP contribution < -0.4 is 14.4 Å². The average molecular weight is 409 g/mol. The van der Waals surface area contributed by atoms with Crippen molar-refractivity contribution in [2.75, 3.05) is 24.5 Å². The molecular formula is C19H21ClN2O4S. The zero-order valence-electron chi connectivity index (χ0n) is 14.9. The molecule has 0 aliphatic heterocycles. The Hall–Kier alpha value is -2.51. The van der Waals surface area contributed by atoms with Crippen LogP contribution in [0.3, 0.4) is 0 Å². The summed E-state index contributed by atoms with van der Waals surface area (Å²) >= 11 is 5.95. The van der Waals surface area contributed by atoms with Crippen LogP contribution in [0.25, 0.3) is 0 Å². The summed E-state index contributed by atoms with van der Waals surface area (Å²) in [5.41, 5.74) is 0.423. The molecule has 0 fully saturated rings. The van der Waals surface area contributed by atoms with Crippen LogP contribution in [0.4, 0.5) is 5.69 Å². The first kappa shape index (κ1) is 20.8. The molecule has 27 heavy (non-hydrogen) atoms. The molecule has 0 bridgehead atoms. The highest BCUT2D eigenvalue weighted by molar-refractivity contribution is 7.92. The molecule has 0 aliphatic carbocycles. The second-order valence-electron chi connectivity index (χ2n) is 5.58. The Morgan fingerprint density at radius 1 is 1.26 bits per heavy atom. The molecule has 0 radical (unpaired) electrons. The third-order valence-electron chi connectivity index (χ3n) is 3.73. The van der Waals surface area contributed by atoms with Crippen LogP contribution in [0.5, 0.6) is 5.75 Å². The Bertz CT molecular complexity index is 898. The lowest BCUT2D eigenvalue weighted by molar-refractivity contribution is -0.120. The molecule has 1 N–H and O–H groups in total. The number of rotatable bonds is 9. The predicted octanol–water partition coefficient (Wildman–Crippen LogP) is 3.24. The van der Waals surface area contributed by atoms with E-state index in [1.807, 2.05) is 0 Å². The maximum Gasteiger partial charge on any atom is 0.264 e. The van der Waals surface area contributed by atoms with Gasteiger partial charge in [-0.05, 0) is 42.5 Å². The van der Waals surface area contributed by atoms with Crippen molar-refractivity contribution in [1.29, 1.82) is 0 Å². The molecule has 8 heteroatoms. The van der Waals surface area contributed by atoms with E-state index in [1.54, 1.807) is 42.5 Å². The van der Waals surface area contributed by atoms with Gasteiger partial charge in [0.25, 0.3) is 10.0 Å². The van der Waals surface area contributed by atoms with Crippen molar-refractivity contribution in [2.24, 2.45) is 0 Å². The predicted molar refractivity (Wildman–Crippen MR) is 107 cm³/mol. The maximum absolute atomic E-state index is 13.2. The number of ether oxygens (including phenoxy) is 1.